The van der Waals surface area contributed by atoms with E-state index in [2.05, 4.69) is 20.0 Å². The molecule has 0 radical (unpaired) electrons. The number of rotatable bonds is 5. The summed E-state index contributed by atoms with van der Waals surface area (Å²) in [4.78, 5) is 19.6. The Morgan fingerprint density at radius 1 is 1.03 bits per heavy atom. The molecule has 0 aliphatic heterocycles. The van der Waals surface area contributed by atoms with Crippen LogP contribution in [0.1, 0.15) is 6.92 Å². The van der Waals surface area contributed by atoms with E-state index in [1.807, 2.05) is 18.2 Å². The van der Waals surface area contributed by atoms with Gasteiger partial charge in [-0.2, -0.15) is 0 Å². The Morgan fingerprint density at radius 2 is 1.80 bits per heavy atom. The molecule has 1 amide bonds. The molecule has 0 bridgehead atoms. The average Bonchev–Trinajstić information content (AvgIpc) is 3.08. The van der Waals surface area contributed by atoms with Gasteiger partial charge in [0.1, 0.15) is 5.82 Å². The van der Waals surface area contributed by atoms with Crippen LogP contribution in [0.2, 0.25) is 0 Å². The second-order valence-corrected chi connectivity index (χ2v) is 9.12. The van der Waals surface area contributed by atoms with Gasteiger partial charge in [0.05, 0.1) is 27.0 Å². The van der Waals surface area contributed by atoms with E-state index in [1.165, 1.54) is 36.6 Å². The van der Waals surface area contributed by atoms with Crippen molar-refractivity contribution < 1.29 is 17.6 Å². The van der Waals surface area contributed by atoms with Crippen molar-refractivity contribution in [3.05, 3.63) is 66.7 Å². The molecule has 4 aromatic rings. The summed E-state index contributed by atoms with van der Waals surface area (Å²) in [5.74, 6) is -0.711. The van der Waals surface area contributed by atoms with Crippen LogP contribution in [0.25, 0.3) is 21.3 Å². The fourth-order valence-corrected chi connectivity index (χ4v) is 4.78. The Kier molecular flexibility index (Phi) is 5.18. The van der Waals surface area contributed by atoms with Gasteiger partial charge >= 0.3 is 0 Å². The Morgan fingerprint density at radius 3 is 2.53 bits per heavy atom. The Bertz CT molecular complexity index is 1350. The van der Waals surface area contributed by atoms with Crippen LogP contribution >= 0.6 is 11.3 Å². The lowest BCUT2D eigenvalue weighted by molar-refractivity contribution is -0.114. The second-order valence-electron chi connectivity index (χ2n) is 6.40. The van der Waals surface area contributed by atoms with Gasteiger partial charge in [0.25, 0.3) is 10.0 Å². The molecule has 0 atom stereocenters. The number of benzene rings is 2. The fraction of sp³-hybridized carbons (Fsp3) is 0.0500. The first kappa shape index (κ1) is 19.9. The molecular weight excluding hydrogens is 427 g/mol. The van der Waals surface area contributed by atoms with Crippen LogP contribution in [0.4, 0.5) is 15.2 Å². The van der Waals surface area contributed by atoms with Gasteiger partial charge in [-0.05, 0) is 48.0 Å². The summed E-state index contributed by atoms with van der Waals surface area (Å²) in [6.07, 6.45) is 3.01. The van der Waals surface area contributed by atoms with Crippen LogP contribution < -0.4 is 10.0 Å². The zero-order valence-electron chi connectivity index (χ0n) is 15.6. The summed E-state index contributed by atoms with van der Waals surface area (Å²) >= 11 is 1.34. The van der Waals surface area contributed by atoms with Crippen molar-refractivity contribution in [1.29, 1.82) is 0 Å². The minimum atomic E-state index is -3.88. The van der Waals surface area contributed by atoms with E-state index in [4.69, 9.17) is 0 Å². The summed E-state index contributed by atoms with van der Waals surface area (Å²) in [5, 5.41) is 3.17. The lowest BCUT2D eigenvalue weighted by atomic mass is 10.1. The number of aromatic nitrogens is 2. The van der Waals surface area contributed by atoms with Crippen LogP contribution in [-0.4, -0.2) is 24.3 Å². The van der Waals surface area contributed by atoms with Crippen LogP contribution in [0.5, 0.6) is 0 Å². The standard InChI is InChI=1S/C20H15FN4O3S2/c1-12(26)23-20-24-18-7-2-13(9-19(18)29-20)14-8-16(11-22-10-14)25-30(27,28)17-5-3-15(21)4-6-17/h2-11,25H,1H3,(H,23,24,26). The van der Waals surface area contributed by atoms with Crippen molar-refractivity contribution in [2.75, 3.05) is 10.0 Å². The minimum absolute atomic E-state index is 0.0501. The molecule has 0 saturated carbocycles. The van der Waals surface area contributed by atoms with Gasteiger partial charge in [-0.3, -0.25) is 14.5 Å². The average molecular weight is 442 g/mol. The predicted molar refractivity (Wildman–Crippen MR) is 114 cm³/mol. The molecule has 0 unspecified atom stereocenters. The van der Waals surface area contributed by atoms with Gasteiger partial charge in [0.2, 0.25) is 5.91 Å². The molecule has 0 fully saturated rings. The molecule has 4 rings (SSSR count). The number of hydrogen-bond donors (Lipinski definition) is 2. The SMILES string of the molecule is CC(=O)Nc1nc2ccc(-c3cncc(NS(=O)(=O)c4ccc(F)cc4)c3)cc2s1. The molecular formula is C20H15FN4O3S2. The predicted octanol–water partition coefficient (Wildman–Crippen LogP) is 4.26. The van der Waals surface area contributed by atoms with Crippen LogP contribution in [0.15, 0.2) is 65.8 Å². The number of amides is 1. The number of sulfonamides is 1. The number of carbonyl (C=O) groups is 1. The second kappa shape index (κ2) is 7.81. The third-order valence-corrected chi connectivity index (χ3v) is 6.45. The number of hydrogen-bond acceptors (Lipinski definition) is 6. The lowest BCUT2D eigenvalue weighted by Gasteiger charge is -2.09. The van der Waals surface area contributed by atoms with Crippen molar-refractivity contribution in [1.82, 2.24) is 9.97 Å². The Hall–Kier alpha value is -3.37. The highest BCUT2D eigenvalue weighted by Crippen LogP contribution is 2.31. The number of anilines is 2. The van der Waals surface area contributed by atoms with E-state index >= 15 is 0 Å². The lowest BCUT2D eigenvalue weighted by Crippen LogP contribution is -2.13. The topological polar surface area (TPSA) is 101 Å². The maximum absolute atomic E-state index is 13.1. The molecule has 2 aromatic heterocycles. The van der Waals surface area contributed by atoms with Crippen molar-refractivity contribution in [2.45, 2.75) is 11.8 Å². The first-order chi connectivity index (χ1) is 14.3. The largest absolute Gasteiger partial charge is 0.302 e. The highest BCUT2D eigenvalue weighted by molar-refractivity contribution is 7.92. The van der Waals surface area contributed by atoms with Crippen molar-refractivity contribution in [3.63, 3.8) is 0 Å². The number of halogens is 1. The normalized spacial score (nSPS) is 11.4. The molecule has 10 heteroatoms. The molecule has 0 aliphatic carbocycles. The first-order valence-corrected chi connectivity index (χ1v) is 11.0. The highest BCUT2D eigenvalue weighted by Gasteiger charge is 2.15. The van der Waals surface area contributed by atoms with Crippen molar-refractivity contribution >= 4 is 48.3 Å². The van der Waals surface area contributed by atoms with Crippen molar-refractivity contribution in [2.24, 2.45) is 0 Å². The molecule has 0 saturated heterocycles. The van der Waals surface area contributed by atoms with E-state index in [1.54, 1.807) is 12.3 Å². The van der Waals surface area contributed by atoms with E-state index < -0.39 is 15.8 Å². The highest BCUT2D eigenvalue weighted by atomic mass is 32.2. The third-order valence-electron chi connectivity index (χ3n) is 4.12. The molecule has 2 N–H and O–H groups in total. The fourth-order valence-electron chi connectivity index (χ4n) is 2.79. The summed E-state index contributed by atoms with van der Waals surface area (Å²) in [7, 11) is -3.88. The molecule has 2 aromatic carbocycles. The van der Waals surface area contributed by atoms with Crippen LogP contribution in [0.3, 0.4) is 0 Å². The molecule has 152 valence electrons. The van der Waals surface area contributed by atoms with Gasteiger partial charge in [-0.1, -0.05) is 17.4 Å². The van der Waals surface area contributed by atoms with Gasteiger partial charge in [0, 0.05) is 18.7 Å². The van der Waals surface area contributed by atoms with Gasteiger partial charge < -0.3 is 5.32 Å². The zero-order chi connectivity index (χ0) is 21.3. The number of thiazole rings is 1. The Labute approximate surface area is 175 Å². The third kappa shape index (κ3) is 4.29. The van der Waals surface area contributed by atoms with Crippen LogP contribution in [-0.2, 0) is 14.8 Å². The van der Waals surface area contributed by atoms with Gasteiger partial charge in [-0.25, -0.2) is 17.8 Å². The monoisotopic (exact) mass is 442 g/mol. The van der Waals surface area contributed by atoms with E-state index in [-0.39, 0.29) is 16.5 Å². The first-order valence-electron chi connectivity index (χ1n) is 8.72. The van der Waals surface area contributed by atoms with Gasteiger partial charge in [0.15, 0.2) is 5.13 Å². The molecule has 0 aliphatic rings. The summed E-state index contributed by atoms with van der Waals surface area (Å²) in [6, 6.07) is 11.8. The number of nitrogens with zero attached hydrogens (tertiary/aromatic N) is 2. The van der Waals surface area contributed by atoms with Crippen LogP contribution in [0, 0.1) is 5.82 Å². The molecule has 7 nitrogen and oxygen atoms in total. The maximum Gasteiger partial charge on any atom is 0.261 e. The summed E-state index contributed by atoms with van der Waals surface area (Å²) < 4.78 is 41.4. The minimum Gasteiger partial charge on any atom is -0.302 e. The smallest absolute Gasteiger partial charge is 0.261 e. The number of fused-ring (bicyclic) bond motifs is 1. The maximum atomic E-state index is 13.1. The van der Waals surface area contributed by atoms with Crippen molar-refractivity contribution in [3.8, 4) is 11.1 Å². The number of pyridine rings is 1. The zero-order valence-corrected chi connectivity index (χ0v) is 17.2. The molecule has 2 heterocycles. The summed E-state index contributed by atoms with van der Waals surface area (Å²) in [5.41, 5.74) is 2.54. The Balaban J connectivity index is 1.63. The molecule has 0 spiro atoms. The van der Waals surface area contributed by atoms with E-state index in [9.17, 15) is 17.6 Å². The number of nitrogens with one attached hydrogen (secondary N) is 2. The van der Waals surface area contributed by atoms with E-state index in [0.717, 1.165) is 27.9 Å². The summed E-state index contributed by atoms with van der Waals surface area (Å²) in [6.45, 7) is 1.42. The quantitative estimate of drug-likeness (QED) is 0.481. The molecule has 30 heavy (non-hydrogen) atoms. The van der Waals surface area contributed by atoms with Gasteiger partial charge in [-0.15, -0.1) is 0 Å². The van der Waals surface area contributed by atoms with E-state index in [0.29, 0.717) is 10.7 Å². The number of carbonyl (C=O) groups excluding carboxylic acids is 1.